The molecular formula is C23H29FN6O3Si. The second-order valence-electron chi connectivity index (χ2n) is 9.91. The van der Waals surface area contributed by atoms with Crippen LogP contribution in [0.1, 0.15) is 18.9 Å². The number of pyridine rings is 1. The fourth-order valence-corrected chi connectivity index (χ4v) is 5.01. The Morgan fingerprint density at radius 3 is 2.74 bits per heavy atom. The molecule has 0 aromatic carbocycles. The molecule has 11 heteroatoms. The molecule has 0 amide bonds. The maximum Gasteiger partial charge on any atom is 0.332 e. The van der Waals surface area contributed by atoms with E-state index in [0.29, 0.717) is 47.9 Å². The molecule has 9 nitrogen and oxygen atoms in total. The average Bonchev–Trinajstić information content (AvgIpc) is 3.34. The Hall–Kier alpha value is -2.89. The van der Waals surface area contributed by atoms with E-state index >= 15 is 0 Å². The number of hydrogen-bond donors (Lipinski definition) is 0. The Morgan fingerprint density at radius 1 is 1.18 bits per heavy atom. The van der Waals surface area contributed by atoms with Gasteiger partial charge in [0.1, 0.15) is 18.1 Å². The van der Waals surface area contributed by atoms with Crippen LogP contribution >= 0.6 is 0 Å². The molecule has 5 heterocycles. The van der Waals surface area contributed by atoms with Crippen molar-refractivity contribution in [2.24, 2.45) is 0 Å². The van der Waals surface area contributed by atoms with Gasteiger partial charge >= 0.3 is 5.69 Å². The van der Waals surface area contributed by atoms with Gasteiger partial charge in [0.2, 0.25) is 0 Å². The van der Waals surface area contributed by atoms with E-state index in [2.05, 4.69) is 29.7 Å². The Labute approximate surface area is 197 Å². The summed E-state index contributed by atoms with van der Waals surface area (Å²) < 4.78 is 29.9. The molecule has 1 saturated heterocycles. The van der Waals surface area contributed by atoms with Crippen molar-refractivity contribution in [3.63, 3.8) is 0 Å². The van der Waals surface area contributed by atoms with Crippen LogP contribution in [0.2, 0.25) is 25.7 Å². The van der Waals surface area contributed by atoms with Crippen LogP contribution < -0.4 is 5.69 Å². The van der Waals surface area contributed by atoms with Crippen LogP contribution in [0.25, 0.3) is 28.1 Å². The minimum Gasteiger partial charge on any atom is -0.381 e. The third-order valence-corrected chi connectivity index (χ3v) is 7.90. The molecule has 0 aliphatic carbocycles. The number of imidazole rings is 1. The van der Waals surface area contributed by atoms with Crippen molar-refractivity contribution in [2.45, 2.75) is 51.3 Å². The SMILES string of the molecule is C[Si](C)(C)CCOCn1c(=O)n(C2CCOCC2)c2nc(-c3cnn4cc(F)ccc34)ncc21. The lowest BCUT2D eigenvalue weighted by molar-refractivity contribution is 0.0669. The summed E-state index contributed by atoms with van der Waals surface area (Å²) >= 11 is 0. The van der Waals surface area contributed by atoms with Crippen LogP contribution in [0, 0.1) is 5.82 Å². The fourth-order valence-electron chi connectivity index (χ4n) is 4.25. The third kappa shape index (κ3) is 4.42. The largest absolute Gasteiger partial charge is 0.381 e. The van der Waals surface area contributed by atoms with E-state index in [1.807, 2.05) is 0 Å². The topological polar surface area (TPSA) is 88.5 Å². The zero-order chi connectivity index (χ0) is 23.9. The van der Waals surface area contributed by atoms with E-state index in [4.69, 9.17) is 14.5 Å². The molecule has 0 radical (unpaired) electrons. The van der Waals surface area contributed by atoms with Crippen molar-refractivity contribution in [1.29, 1.82) is 0 Å². The molecule has 0 N–H and O–H groups in total. The number of hydrogen-bond acceptors (Lipinski definition) is 6. The van der Waals surface area contributed by atoms with Crippen molar-refractivity contribution < 1.29 is 13.9 Å². The molecule has 0 spiro atoms. The van der Waals surface area contributed by atoms with Gasteiger partial charge in [-0.15, -0.1) is 0 Å². The van der Waals surface area contributed by atoms with Gasteiger partial charge in [-0.1, -0.05) is 19.6 Å². The monoisotopic (exact) mass is 484 g/mol. The van der Waals surface area contributed by atoms with Crippen LogP contribution in [0.5, 0.6) is 0 Å². The van der Waals surface area contributed by atoms with E-state index < -0.39 is 8.07 Å². The summed E-state index contributed by atoms with van der Waals surface area (Å²) in [7, 11) is -1.24. The molecular weight excluding hydrogens is 455 g/mol. The third-order valence-electron chi connectivity index (χ3n) is 6.20. The highest BCUT2D eigenvalue weighted by Gasteiger charge is 2.25. The molecule has 0 unspecified atom stereocenters. The van der Waals surface area contributed by atoms with Gasteiger partial charge in [-0.3, -0.25) is 9.13 Å². The molecule has 0 bridgehead atoms. The lowest BCUT2D eigenvalue weighted by Crippen LogP contribution is -2.31. The summed E-state index contributed by atoms with van der Waals surface area (Å²) in [5.74, 6) is 0.0600. The fraction of sp³-hybridized carbons (Fsp3) is 0.478. The van der Waals surface area contributed by atoms with Gasteiger partial charge < -0.3 is 9.47 Å². The summed E-state index contributed by atoms with van der Waals surface area (Å²) in [5.41, 5.74) is 2.41. The summed E-state index contributed by atoms with van der Waals surface area (Å²) in [4.78, 5) is 22.9. The molecule has 4 aromatic heterocycles. The first-order valence-corrected chi connectivity index (χ1v) is 15.3. The van der Waals surface area contributed by atoms with Gasteiger partial charge in [0.05, 0.1) is 29.7 Å². The summed E-state index contributed by atoms with van der Waals surface area (Å²) in [6.07, 6.45) is 6.08. The maximum absolute atomic E-state index is 13.6. The van der Waals surface area contributed by atoms with Crippen LogP contribution in [0.15, 0.2) is 35.5 Å². The van der Waals surface area contributed by atoms with Crippen LogP contribution in [-0.4, -0.2) is 56.6 Å². The first kappa shape index (κ1) is 22.9. The molecule has 5 rings (SSSR count). The first-order chi connectivity index (χ1) is 16.3. The molecule has 1 aliphatic heterocycles. The highest BCUT2D eigenvalue weighted by atomic mass is 28.3. The molecule has 0 saturated carbocycles. The average molecular weight is 485 g/mol. The van der Waals surface area contributed by atoms with Crippen LogP contribution in [0.3, 0.4) is 0 Å². The van der Waals surface area contributed by atoms with Gasteiger partial charge in [-0.2, -0.15) is 5.10 Å². The number of nitrogens with zero attached hydrogens (tertiary/aromatic N) is 6. The zero-order valence-corrected chi connectivity index (χ0v) is 20.7. The van der Waals surface area contributed by atoms with Gasteiger partial charge in [0.15, 0.2) is 11.5 Å². The highest BCUT2D eigenvalue weighted by molar-refractivity contribution is 6.76. The van der Waals surface area contributed by atoms with Gasteiger partial charge in [0.25, 0.3) is 0 Å². The summed E-state index contributed by atoms with van der Waals surface area (Å²) in [6.45, 7) is 8.87. The zero-order valence-electron chi connectivity index (χ0n) is 19.7. The molecule has 0 atom stereocenters. The minimum atomic E-state index is -1.24. The summed E-state index contributed by atoms with van der Waals surface area (Å²) in [6, 6.07) is 4.04. The first-order valence-electron chi connectivity index (χ1n) is 11.6. The molecule has 34 heavy (non-hydrogen) atoms. The van der Waals surface area contributed by atoms with Crippen molar-refractivity contribution in [1.82, 2.24) is 28.7 Å². The molecule has 4 aromatic rings. The van der Waals surface area contributed by atoms with Crippen molar-refractivity contribution in [3.8, 4) is 11.4 Å². The van der Waals surface area contributed by atoms with E-state index in [9.17, 15) is 9.18 Å². The van der Waals surface area contributed by atoms with Crippen LogP contribution in [-0.2, 0) is 16.2 Å². The van der Waals surface area contributed by atoms with E-state index in [0.717, 1.165) is 18.9 Å². The van der Waals surface area contributed by atoms with E-state index in [1.165, 1.54) is 16.8 Å². The van der Waals surface area contributed by atoms with Crippen molar-refractivity contribution in [2.75, 3.05) is 19.8 Å². The predicted octanol–water partition coefficient (Wildman–Crippen LogP) is 3.71. The number of fused-ring (bicyclic) bond motifs is 2. The Morgan fingerprint density at radius 2 is 1.97 bits per heavy atom. The summed E-state index contributed by atoms with van der Waals surface area (Å²) in [5, 5.41) is 4.23. The smallest absolute Gasteiger partial charge is 0.332 e. The van der Waals surface area contributed by atoms with Gasteiger partial charge in [0, 0.05) is 33.9 Å². The number of halogens is 1. The highest BCUT2D eigenvalue weighted by Crippen LogP contribution is 2.27. The van der Waals surface area contributed by atoms with Crippen LogP contribution in [0.4, 0.5) is 4.39 Å². The molecule has 180 valence electrons. The number of rotatable bonds is 7. The van der Waals surface area contributed by atoms with Crippen molar-refractivity contribution in [3.05, 3.63) is 47.0 Å². The number of ether oxygens (including phenoxy) is 2. The Kier molecular flexibility index (Phi) is 6.09. The molecule has 1 aliphatic rings. The van der Waals surface area contributed by atoms with E-state index in [1.54, 1.807) is 27.6 Å². The lowest BCUT2D eigenvalue weighted by atomic mass is 10.1. The molecule has 1 fully saturated rings. The Balaban J connectivity index is 1.57. The normalized spacial score (nSPS) is 15.5. The standard InChI is InChI=1S/C23H29FN6O3Si/c1-34(2,3)11-10-33-15-28-20-13-25-21(18-12-26-29-14-16(24)4-5-19(18)29)27-22(20)30(23(28)31)17-6-8-32-9-7-17/h4-5,12-14,17H,6-11,15H2,1-3H3. The second kappa shape index (κ2) is 9.04. The maximum atomic E-state index is 13.6. The van der Waals surface area contributed by atoms with Gasteiger partial charge in [-0.25, -0.2) is 23.7 Å². The minimum absolute atomic E-state index is 0.00673. The Bertz CT molecular complexity index is 1380. The quantitative estimate of drug-likeness (QED) is 0.294. The number of aromatic nitrogens is 6. The second-order valence-corrected chi connectivity index (χ2v) is 15.5. The van der Waals surface area contributed by atoms with Crippen molar-refractivity contribution >= 4 is 24.8 Å². The van der Waals surface area contributed by atoms with Gasteiger partial charge in [-0.05, 0) is 31.0 Å². The predicted molar refractivity (Wildman–Crippen MR) is 129 cm³/mol. The van der Waals surface area contributed by atoms with E-state index in [-0.39, 0.29) is 24.3 Å². The lowest BCUT2D eigenvalue weighted by Gasteiger charge is -2.22.